The minimum Gasteiger partial charge on any atom is -0.442 e. The van der Waals surface area contributed by atoms with Gasteiger partial charge in [-0.1, -0.05) is 6.07 Å². The Hall–Kier alpha value is -3.51. The van der Waals surface area contributed by atoms with Crippen LogP contribution in [0.15, 0.2) is 36.5 Å². The summed E-state index contributed by atoms with van der Waals surface area (Å²) in [6.07, 6.45) is 2.44. The predicted molar refractivity (Wildman–Crippen MR) is 120 cm³/mol. The van der Waals surface area contributed by atoms with E-state index in [1.807, 2.05) is 12.1 Å². The zero-order chi connectivity index (χ0) is 23.4. The van der Waals surface area contributed by atoms with Crippen LogP contribution in [0, 0.1) is 34.9 Å². The highest BCUT2D eigenvalue weighted by Crippen LogP contribution is 2.61. The monoisotopic (exact) mass is 461 g/mol. The fraction of sp³-hybridized carbons (Fsp3) is 0.440. The third-order valence-corrected chi connectivity index (χ3v) is 7.57. The normalized spacial score (nSPS) is 29.4. The molecule has 174 valence electrons. The lowest BCUT2D eigenvalue weighted by molar-refractivity contribution is -0.122. The van der Waals surface area contributed by atoms with Crippen molar-refractivity contribution in [3.05, 3.63) is 48.0 Å². The first-order valence-electron chi connectivity index (χ1n) is 11.6. The average Bonchev–Trinajstić information content (AvgIpc) is 3.72. The van der Waals surface area contributed by atoms with Crippen molar-refractivity contribution in [3.8, 4) is 17.2 Å². The van der Waals surface area contributed by atoms with Crippen LogP contribution < -0.4 is 15.5 Å². The van der Waals surface area contributed by atoms with Gasteiger partial charge in [-0.05, 0) is 37.1 Å². The number of amides is 2. The van der Waals surface area contributed by atoms with E-state index in [-0.39, 0.29) is 42.2 Å². The van der Waals surface area contributed by atoms with Gasteiger partial charge in [-0.25, -0.2) is 9.18 Å². The minimum absolute atomic E-state index is 0.00586. The lowest BCUT2D eigenvalue weighted by Gasteiger charge is -2.15. The maximum absolute atomic E-state index is 15.0. The number of nitrogens with one attached hydrogen (secondary N) is 2. The van der Waals surface area contributed by atoms with Crippen LogP contribution in [-0.4, -0.2) is 49.3 Å². The lowest BCUT2D eigenvalue weighted by Crippen LogP contribution is -2.35. The molecule has 2 aliphatic carbocycles. The van der Waals surface area contributed by atoms with Crippen molar-refractivity contribution in [2.24, 2.45) is 17.8 Å². The predicted octanol–water partition coefficient (Wildman–Crippen LogP) is 2.35. The van der Waals surface area contributed by atoms with Crippen LogP contribution in [-0.2, 0) is 14.9 Å². The first kappa shape index (κ1) is 21.1. The molecular weight excluding hydrogens is 437 g/mol. The van der Waals surface area contributed by atoms with Crippen molar-refractivity contribution in [1.82, 2.24) is 15.6 Å². The number of fused-ring (bicyclic) bond motifs is 1. The molecule has 0 spiro atoms. The summed E-state index contributed by atoms with van der Waals surface area (Å²) in [6, 6.07) is 10.7. The molecule has 1 aromatic carbocycles. The molecule has 0 radical (unpaired) electrons. The van der Waals surface area contributed by atoms with Gasteiger partial charge in [0.2, 0.25) is 5.91 Å². The van der Waals surface area contributed by atoms with Gasteiger partial charge < -0.3 is 15.4 Å². The maximum Gasteiger partial charge on any atom is 0.414 e. The molecule has 4 atom stereocenters. The Labute approximate surface area is 196 Å². The van der Waals surface area contributed by atoms with Gasteiger partial charge >= 0.3 is 6.09 Å². The molecule has 2 aliphatic heterocycles. The van der Waals surface area contributed by atoms with E-state index in [4.69, 9.17) is 4.74 Å². The Kier molecular flexibility index (Phi) is 4.81. The number of nitriles is 1. The van der Waals surface area contributed by atoms with E-state index in [1.54, 1.807) is 18.3 Å². The standard InChI is InChI=1S/C25H24FN5O3/c26-21-7-16(31-12-17(34-24(31)33)10-30-23(32)14-1-2-14)4-5-18(21)15-3-6-22(29-9-15)25-13-28-11-20(25)19(25)8-27/h3-7,9,14,17,19-20,28H,1-2,10-13H2,(H,30,32)/t17-,19?,20?,25?/m0/s1. The second-order valence-electron chi connectivity index (χ2n) is 9.62. The number of cyclic esters (lactones) is 1. The molecular formula is C25H24FN5O3. The number of benzene rings is 1. The number of nitrogens with zero attached hydrogens (tertiary/aromatic N) is 3. The molecule has 2 saturated heterocycles. The molecule has 3 heterocycles. The summed E-state index contributed by atoms with van der Waals surface area (Å²) >= 11 is 0. The Morgan fingerprint density at radius 2 is 2.21 bits per heavy atom. The number of hydrogen-bond donors (Lipinski definition) is 2. The van der Waals surface area contributed by atoms with Crippen molar-refractivity contribution in [1.29, 1.82) is 5.26 Å². The molecule has 2 N–H and O–H groups in total. The van der Waals surface area contributed by atoms with Gasteiger partial charge in [-0.15, -0.1) is 0 Å². The first-order valence-corrected chi connectivity index (χ1v) is 11.6. The Balaban J connectivity index is 1.15. The molecule has 2 saturated carbocycles. The number of piperidine rings is 1. The highest BCUT2D eigenvalue weighted by molar-refractivity contribution is 5.90. The molecule has 34 heavy (non-hydrogen) atoms. The minimum atomic E-state index is -0.556. The maximum atomic E-state index is 15.0. The zero-order valence-electron chi connectivity index (χ0n) is 18.5. The largest absolute Gasteiger partial charge is 0.442 e. The second-order valence-corrected chi connectivity index (χ2v) is 9.62. The first-order chi connectivity index (χ1) is 16.5. The summed E-state index contributed by atoms with van der Waals surface area (Å²) in [5, 5.41) is 15.6. The summed E-state index contributed by atoms with van der Waals surface area (Å²) in [5.74, 6) is -0.114. The van der Waals surface area contributed by atoms with Gasteiger partial charge in [-0.3, -0.25) is 14.7 Å². The summed E-state index contributed by atoms with van der Waals surface area (Å²) < 4.78 is 20.4. The van der Waals surface area contributed by atoms with Crippen molar-refractivity contribution in [2.75, 3.05) is 31.1 Å². The van der Waals surface area contributed by atoms with E-state index in [9.17, 15) is 14.9 Å². The van der Waals surface area contributed by atoms with E-state index >= 15 is 4.39 Å². The highest BCUT2D eigenvalue weighted by atomic mass is 19.1. The fourth-order valence-electron chi connectivity index (χ4n) is 5.42. The van der Waals surface area contributed by atoms with E-state index < -0.39 is 18.0 Å². The number of pyridine rings is 1. The third kappa shape index (κ3) is 3.32. The van der Waals surface area contributed by atoms with Gasteiger partial charge in [0.05, 0.1) is 30.8 Å². The van der Waals surface area contributed by atoms with Crippen LogP contribution in [0.1, 0.15) is 18.5 Å². The van der Waals surface area contributed by atoms with Crippen LogP contribution in [0.3, 0.4) is 0 Å². The molecule has 6 rings (SSSR count). The Morgan fingerprint density at radius 1 is 1.35 bits per heavy atom. The van der Waals surface area contributed by atoms with Gasteiger partial charge in [0, 0.05) is 53.4 Å². The Morgan fingerprint density at radius 3 is 2.88 bits per heavy atom. The molecule has 4 fully saturated rings. The Bertz CT molecular complexity index is 1210. The van der Waals surface area contributed by atoms with E-state index in [2.05, 4.69) is 21.7 Å². The molecule has 9 heteroatoms. The van der Waals surface area contributed by atoms with E-state index in [1.165, 1.54) is 11.0 Å². The van der Waals surface area contributed by atoms with Crippen molar-refractivity contribution < 1.29 is 18.7 Å². The molecule has 1 aromatic heterocycles. The second kappa shape index (κ2) is 7.77. The fourth-order valence-corrected chi connectivity index (χ4v) is 5.42. The van der Waals surface area contributed by atoms with Gasteiger partial charge in [-0.2, -0.15) is 5.26 Å². The molecule has 8 nitrogen and oxygen atoms in total. The number of halogens is 1. The van der Waals surface area contributed by atoms with Gasteiger partial charge in [0.25, 0.3) is 0 Å². The molecule has 2 amide bonds. The average molecular weight is 461 g/mol. The summed E-state index contributed by atoms with van der Waals surface area (Å²) in [4.78, 5) is 30.1. The molecule has 2 aromatic rings. The number of carbonyl (C=O) groups excluding carboxylic acids is 2. The van der Waals surface area contributed by atoms with Crippen molar-refractivity contribution in [3.63, 3.8) is 0 Å². The summed E-state index contributed by atoms with van der Waals surface area (Å²) in [7, 11) is 0. The van der Waals surface area contributed by atoms with E-state index in [0.29, 0.717) is 16.8 Å². The number of ether oxygens (including phenoxy) is 1. The molecule has 3 unspecified atom stereocenters. The smallest absolute Gasteiger partial charge is 0.414 e. The lowest BCUT2D eigenvalue weighted by atomic mass is 9.97. The number of rotatable bonds is 6. The molecule has 4 aliphatic rings. The van der Waals surface area contributed by atoms with Crippen molar-refractivity contribution in [2.45, 2.75) is 24.4 Å². The van der Waals surface area contributed by atoms with Crippen LogP contribution >= 0.6 is 0 Å². The van der Waals surface area contributed by atoms with Crippen LogP contribution in [0.25, 0.3) is 11.1 Å². The van der Waals surface area contributed by atoms with Gasteiger partial charge in [0.15, 0.2) is 0 Å². The van der Waals surface area contributed by atoms with Crippen LogP contribution in [0.4, 0.5) is 14.9 Å². The van der Waals surface area contributed by atoms with Crippen LogP contribution in [0.2, 0.25) is 0 Å². The number of aromatic nitrogens is 1. The summed E-state index contributed by atoms with van der Waals surface area (Å²) in [6.45, 7) is 2.06. The number of hydrogen-bond acceptors (Lipinski definition) is 6. The quantitative estimate of drug-likeness (QED) is 0.684. The summed E-state index contributed by atoms with van der Waals surface area (Å²) in [5.41, 5.74) is 2.07. The highest BCUT2D eigenvalue weighted by Gasteiger charge is 2.69. The van der Waals surface area contributed by atoms with Crippen molar-refractivity contribution >= 4 is 17.7 Å². The third-order valence-electron chi connectivity index (χ3n) is 7.57. The number of carbonyl (C=O) groups is 2. The SMILES string of the molecule is N#CC1C2CNCC12c1ccc(-c2ccc(N3C[C@H](CNC(=O)C4CC4)OC3=O)cc2F)cn1. The van der Waals surface area contributed by atoms with E-state index in [0.717, 1.165) is 31.6 Å². The zero-order valence-corrected chi connectivity index (χ0v) is 18.5. The van der Waals surface area contributed by atoms with Gasteiger partial charge in [0.1, 0.15) is 11.9 Å². The van der Waals surface area contributed by atoms with Crippen LogP contribution in [0.5, 0.6) is 0 Å². The number of anilines is 1. The molecule has 0 bridgehead atoms. The topological polar surface area (TPSA) is 107 Å².